The summed E-state index contributed by atoms with van der Waals surface area (Å²) in [5.41, 5.74) is 1.40. The number of pyridine rings is 1. The van der Waals surface area contributed by atoms with E-state index in [1.165, 1.54) is 44.2 Å². The fourth-order valence-corrected chi connectivity index (χ4v) is 4.19. The van der Waals surface area contributed by atoms with Crippen LogP contribution < -0.4 is 4.74 Å². The maximum Gasteiger partial charge on any atom is 0.213 e. The second kappa shape index (κ2) is 8.87. The molecule has 0 aromatic carbocycles. The lowest BCUT2D eigenvalue weighted by atomic mass is 9.71. The zero-order chi connectivity index (χ0) is 17.6. The maximum absolute atomic E-state index is 6.05. The van der Waals surface area contributed by atoms with Crippen LogP contribution in [0.15, 0.2) is 18.2 Å². The summed E-state index contributed by atoms with van der Waals surface area (Å²) in [5, 5.41) is 0. The fraction of sp³-hybridized carbons (Fsp3) is 0.773. The highest BCUT2D eigenvalue weighted by molar-refractivity contribution is 5.16. The predicted molar refractivity (Wildman–Crippen MR) is 102 cm³/mol. The van der Waals surface area contributed by atoms with E-state index in [0.29, 0.717) is 0 Å². The summed E-state index contributed by atoms with van der Waals surface area (Å²) in [5.74, 6) is 3.36. The van der Waals surface area contributed by atoms with Crippen LogP contribution in [0.1, 0.15) is 78.8 Å². The number of hydrogen-bond acceptors (Lipinski definition) is 2. The second-order valence-electron chi connectivity index (χ2n) is 8.83. The Balaban J connectivity index is 1.81. The van der Waals surface area contributed by atoms with Gasteiger partial charge in [-0.15, -0.1) is 0 Å². The van der Waals surface area contributed by atoms with Crippen molar-refractivity contribution in [2.45, 2.75) is 79.6 Å². The lowest BCUT2D eigenvalue weighted by Crippen LogP contribution is -2.25. The van der Waals surface area contributed by atoms with Gasteiger partial charge in [0.05, 0.1) is 6.61 Å². The minimum atomic E-state index is 0.203. The molecule has 2 nitrogen and oxygen atoms in total. The molecule has 136 valence electrons. The topological polar surface area (TPSA) is 22.1 Å². The molecule has 24 heavy (non-hydrogen) atoms. The normalized spacial score (nSPS) is 22.0. The summed E-state index contributed by atoms with van der Waals surface area (Å²) in [7, 11) is 0. The predicted octanol–water partition coefficient (Wildman–Crippen LogP) is 6.29. The van der Waals surface area contributed by atoms with Crippen LogP contribution in [0.2, 0.25) is 0 Å². The number of hydrogen-bond donors (Lipinski definition) is 0. The third-order valence-electron chi connectivity index (χ3n) is 5.48. The number of ether oxygens (including phenoxy) is 1. The monoisotopic (exact) mass is 331 g/mol. The third kappa shape index (κ3) is 6.11. The van der Waals surface area contributed by atoms with E-state index in [9.17, 15) is 0 Å². The van der Waals surface area contributed by atoms with E-state index < -0.39 is 0 Å². The van der Waals surface area contributed by atoms with Crippen molar-refractivity contribution in [1.82, 2.24) is 4.98 Å². The molecule has 0 N–H and O–H groups in total. The molecule has 2 heteroatoms. The SMILES string of the molecule is CCCC(C)CC(C)(C)COc1cccc(CC2CC(CC)C2)n1. The molecule has 1 atom stereocenters. The molecule has 0 saturated heterocycles. The van der Waals surface area contributed by atoms with Gasteiger partial charge >= 0.3 is 0 Å². The highest BCUT2D eigenvalue weighted by atomic mass is 16.5. The van der Waals surface area contributed by atoms with Gasteiger partial charge in [0.1, 0.15) is 0 Å². The highest BCUT2D eigenvalue weighted by Crippen LogP contribution is 2.37. The summed E-state index contributed by atoms with van der Waals surface area (Å²) >= 11 is 0. The van der Waals surface area contributed by atoms with E-state index in [4.69, 9.17) is 9.72 Å². The molecule has 0 amide bonds. The van der Waals surface area contributed by atoms with E-state index in [-0.39, 0.29) is 5.41 Å². The van der Waals surface area contributed by atoms with Crippen molar-refractivity contribution in [1.29, 1.82) is 0 Å². The van der Waals surface area contributed by atoms with Gasteiger partial charge in [0.15, 0.2) is 0 Å². The minimum Gasteiger partial charge on any atom is -0.477 e. The van der Waals surface area contributed by atoms with E-state index >= 15 is 0 Å². The van der Waals surface area contributed by atoms with Crippen LogP contribution in [0, 0.1) is 23.2 Å². The Hall–Kier alpha value is -1.05. The Kier molecular flexibility index (Phi) is 7.13. The zero-order valence-corrected chi connectivity index (χ0v) is 16.5. The fourth-order valence-electron chi connectivity index (χ4n) is 4.19. The van der Waals surface area contributed by atoms with Crippen molar-refractivity contribution in [3.8, 4) is 5.88 Å². The van der Waals surface area contributed by atoms with Gasteiger partial charge in [-0.1, -0.05) is 59.9 Å². The number of rotatable bonds is 10. The lowest BCUT2D eigenvalue weighted by Gasteiger charge is -2.34. The Morgan fingerprint density at radius 3 is 2.62 bits per heavy atom. The highest BCUT2D eigenvalue weighted by Gasteiger charge is 2.28. The van der Waals surface area contributed by atoms with E-state index in [2.05, 4.69) is 46.8 Å². The molecular weight excluding hydrogens is 294 g/mol. The molecule has 1 heterocycles. The van der Waals surface area contributed by atoms with Crippen molar-refractivity contribution < 1.29 is 4.74 Å². The molecule has 1 aromatic rings. The first-order valence-electron chi connectivity index (χ1n) is 10.0. The van der Waals surface area contributed by atoms with Crippen LogP contribution in [-0.2, 0) is 6.42 Å². The van der Waals surface area contributed by atoms with Gasteiger partial charge in [-0.25, -0.2) is 4.98 Å². The Bertz CT molecular complexity index is 490. The van der Waals surface area contributed by atoms with Crippen LogP contribution in [0.4, 0.5) is 0 Å². The zero-order valence-electron chi connectivity index (χ0n) is 16.5. The smallest absolute Gasteiger partial charge is 0.213 e. The lowest BCUT2D eigenvalue weighted by molar-refractivity contribution is 0.143. The first kappa shape index (κ1) is 19.3. The van der Waals surface area contributed by atoms with Crippen molar-refractivity contribution >= 4 is 0 Å². The average molecular weight is 332 g/mol. The Morgan fingerprint density at radius 2 is 1.96 bits per heavy atom. The van der Waals surface area contributed by atoms with Gasteiger partial charge in [-0.05, 0) is 54.9 Å². The van der Waals surface area contributed by atoms with E-state index in [0.717, 1.165) is 36.7 Å². The molecule has 1 aliphatic carbocycles. The van der Waals surface area contributed by atoms with Crippen LogP contribution in [0.5, 0.6) is 5.88 Å². The summed E-state index contributed by atoms with van der Waals surface area (Å²) in [6, 6.07) is 6.26. The molecule has 1 unspecified atom stereocenters. The first-order valence-corrected chi connectivity index (χ1v) is 10.0. The number of aromatic nitrogens is 1. The molecule has 1 aromatic heterocycles. The molecule has 0 aliphatic heterocycles. The second-order valence-corrected chi connectivity index (χ2v) is 8.83. The Labute approximate surface area is 149 Å². The van der Waals surface area contributed by atoms with Crippen molar-refractivity contribution in [3.05, 3.63) is 23.9 Å². The summed E-state index contributed by atoms with van der Waals surface area (Å²) in [4.78, 5) is 4.74. The van der Waals surface area contributed by atoms with E-state index in [1.807, 2.05) is 6.07 Å². The molecule has 1 saturated carbocycles. The largest absolute Gasteiger partial charge is 0.477 e. The van der Waals surface area contributed by atoms with Crippen LogP contribution in [0.3, 0.4) is 0 Å². The van der Waals surface area contributed by atoms with Crippen molar-refractivity contribution in [2.24, 2.45) is 23.2 Å². The maximum atomic E-state index is 6.05. The summed E-state index contributed by atoms with van der Waals surface area (Å²) in [6.07, 6.45) is 8.99. The van der Waals surface area contributed by atoms with Crippen LogP contribution >= 0.6 is 0 Å². The van der Waals surface area contributed by atoms with Crippen LogP contribution in [-0.4, -0.2) is 11.6 Å². The quantitative estimate of drug-likeness (QED) is 0.502. The summed E-state index contributed by atoms with van der Waals surface area (Å²) in [6.45, 7) is 12.3. The van der Waals surface area contributed by atoms with Gasteiger partial charge in [0.25, 0.3) is 0 Å². The van der Waals surface area contributed by atoms with Gasteiger partial charge in [0, 0.05) is 11.8 Å². The Morgan fingerprint density at radius 1 is 1.21 bits per heavy atom. The van der Waals surface area contributed by atoms with Gasteiger partial charge in [-0.3, -0.25) is 0 Å². The molecule has 2 rings (SSSR count). The molecule has 0 spiro atoms. The van der Waals surface area contributed by atoms with Gasteiger partial charge in [0.2, 0.25) is 5.88 Å². The van der Waals surface area contributed by atoms with E-state index in [1.54, 1.807) is 0 Å². The van der Waals surface area contributed by atoms with Gasteiger partial charge < -0.3 is 4.74 Å². The minimum absolute atomic E-state index is 0.203. The standard InChI is InChI=1S/C22H37NO/c1-6-9-17(3)15-22(4,5)16-24-21-11-8-10-20(23-21)14-19-12-18(7-2)13-19/h8,10-11,17-19H,6-7,9,12-16H2,1-5H3. The van der Waals surface area contributed by atoms with Crippen LogP contribution in [0.25, 0.3) is 0 Å². The molecule has 1 aliphatic rings. The first-order chi connectivity index (χ1) is 11.4. The molecule has 1 fully saturated rings. The molecule has 0 radical (unpaired) electrons. The molecule has 0 bridgehead atoms. The van der Waals surface area contributed by atoms with Gasteiger partial charge in [-0.2, -0.15) is 0 Å². The average Bonchev–Trinajstić information content (AvgIpc) is 2.49. The van der Waals surface area contributed by atoms with Crippen molar-refractivity contribution in [2.75, 3.05) is 6.61 Å². The molecular formula is C22H37NO. The summed E-state index contributed by atoms with van der Waals surface area (Å²) < 4.78 is 6.05. The third-order valence-corrected chi connectivity index (χ3v) is 5.48. The van der Waals surface area contributed by atoms with Crippen molar-refractivity contribution in [3.63, 3.8) is 0 Å². The number of nitrogens with zero attached hydrogens (tertiary/aromatic N) is 1.